The Balaban J connectivity index is 1.54. The first-order chi connectivity index (χ1) is 11.7. The molecule has 1 amide bonds. The summed E-state index contributed by atoms with van der Waals surface area (Å²) in [6.07, 6.45) is 2.20. The molecule has 1 aromatic heterocycles. The average molecular weight is 330 g/mol. The van der Waals surface area contributed by atoms with Crippen molar-refractivity contribution in [1.82, 2.24) is 15.3 Å². The summed E-state index contributed by atoms with van der Waals surface area (Å²) >= 11 is 0. The van der Waals surface area contributed by atoms with Crippen molar-refractivity contribution in [3.8, 4) is 5.88 Å². The molecule has 0 radical (unpaired) electrons. The van der Waals surface area contributed by atoms with Crippen LogP contribution in [0.5, 0.6) is 5.88 Å². The Labute approximate surface area is 139 Å². The van der Waals surface area contributed by atoms with Gasteiger partial charge in [0.2, 0.25) is 5.88 Å². The molecule has 2 heterocycles. The molecule has 1 atom stereocenters. The fraction of sp³-hybridized carbons (Fsp3) is 0.353. The molecule has 0 saturated carbocycles. The number of halogens is 1. The second kappa shape index (κ2) is 7.25. The van der Waals surface area contributed by atoms with Crippen LogP contribution in [0.15, 0.2) is 36.7 Å². The van der Waals surface area contributed by atoms with Crippen LogP contribution in [-0.2, 0) is 0 Å². The minimum Gasteiger partial charge on any atom is -0.481 e. The Morgan fingerprint density at radius 1 is 1.42 bits per heavy atom. The van der Waals surface area contributed by atoms with Crippen LogP contribution in [0.1, 0.15) is 16.9 Å². The molecule has 0 bridgehead atoms. The summed E-state index contributed by atoms with van der Waals surface area (Å²) in [6, 6.07) is 8.25. The lowest BCUT2D eigenvalue weighted by Gasteiger charge is -2.19. The van der Waals surface area contributed by atoms with Gasteiger partial charge in [0.05, 0.1) is 12.8 Å². The molecule has 2 aromatic rings. The van der Waals surface area contributed by atoms with Gasteiger partial charge in [0.1, 0.15) is 17.8 Å². The van der Waals surface area contributed by atoms with E-state index >= 15 is 0 Å². The van der Waals surface area contributed by atoms with Gasteiger partial charge in [-0.05, 0) is 24.5 Å². The molecule has 0 aliphatic carbocycles. The van der Waals surface area contributed by atoms with Gasteiger partial charge in [-0.3, -0.25) is 4.79 Å². The van der Waals surface area contributed by atoms with Gasteiger partial charge < -0.3 is 15.0 Å². The van der Waals surface area contributed by atoms with Gasteiger partial charge in [0.25, 0.3) is 5.91 Å². The normalized spacial score (nSPS) is 16.9. The van der Waals surface area contributed by atoms with Crippen molar-refractivity contribution < 1.29 is 13.9 Å². The molecule has 126 valence electrons. The van der Waals surface area contributed by atoms with Crippen LogP contribution in [0, 0.1) is 11.7 Å². The van der Waals surface area contributed by atoms with Crippen molar-refractivity contribution in [2.45, 2.75) is 6.42 Å². The zero-order valence-corrected chi connectivity index (χ0v) is 13.4. The number of nitrogens with zero attached hydrogens (tertiary/aromatic N) is 3. The number of rotatable bonds is 5. The predicted molar refractivity (Wildman–Crippen MR) is 87.6 cm³/mol. The highest BCUT2D eigenvalue weighted by Gasteiger charge is 2.25. The van der Waals surface area contributed by atoms with Crippen molar-refractivity contribution in [1.29, 1.82) is 0 Å². The van der Waals surface area contributed by atoms with Gasteiger partial charge in [-0.25, -0.2) is 14.4 Å². The summed E-state index contributed by atoms with van der Waals surface area (Å²) in [6.45, 7) is 2.02. The van der Waals surface area contributed by atoms with E-state index in [0.29, 0.717) is 24.7 Å². The van der Waals surface area contributed by atoms with E-state index in [1.807, 2.05) is 11.0 Å². The number of carbonyl (C=O) groups is 1. The van der Waals surface area contributed by atoms with Gasteiger partial charge in [-0.1, -0.05) is 12.1 Å². The van der Waals surface area contributed by atoms with E-state index in [4.69, 9.17) is 4.74 Å². The number of benzene rings is 1. The van der Waals surface area contributed by atoms with E-state index in [9.17, 15) is 9.18 Å². The van der Waals surface area contributed by atoms with Crippen molar-refractivity contribution in [2.24, 2.45) is 5.92 Å². The number of hydrogen-bond donors (Lipinski definition) is 1. The lowest BCUT2D eigenvalue weighted by molar-refractivity contribution is 0.0942. The van der Waals surface area contributed by atoms with Gasteiger partial charge in [-0.15, -0.1) is 0 Å². The molecule has 1 saturated heterocycles. The molecule has 1 aliphatic rings. The number of nitrogens with one attached hydrogen (secondary N) is 1. The van der Waals surface area contributed by atoms with Gasteiger partial charge >= 0.3 is 0 Å². The highest BCUT2D eigenvalue weighted by atomic mass is 19.1. The lowest BCUT2D eigenvalue weighted by atomic mass is 10.1. The maximum absolute atomic E-state index is 13.8. The SMILES string of the molecule is COc1cc(C(=O)NCC2CCN(c3ccccc3F)C2)ncn1. The number of anilines is 1. The third kappa shape index (κ3) is 3.61. The second-order valence-corrected chi connectivity index (χ2v) is 5.71. The molecule has 7 heteroatoms. The fourth-order valence-electron chi connectivity index (χ4n) is 2.83. The second-order valence-electron chi connectivity index (χ2n) is 5.71. The van der Waals surface area contributed by atoms with Crippen LogP contribution in [0.2, 0.25) is 0 Å². The number of methoxy groups -OCH3 is 1. The quantitative estimate of drug-likeness (QED) is 0.907. The first-order valence-corrected chi connectivity index (χ1v) is 7.81. The number of carbonyl (C=O) groups excluding carboxylic acids is 1. The zero-order chi connectivity index (χ0) is 16.9. The number of para-hydroxylation sites is 1. The van der Waals surface area contributed by atoms with Crippen LogP contribution < -0.4 is 15.0 Å². The minimum atomic E-state index is -0.264. The number of ether oxygens (including phenoxy) is 1. The van der Waals surface area contributed by atoms with E-state index in [1.54, 1.807) is 12.1 Å². The molecule has 24 heavy (non-hydrogen) atoms. The monoisotopic (exact) mass is 330 g/mol. The first-order valence-electron chi connectivity index (χ1n) is 7.81. The van der Waals surface area contributed by atoms with Crippen molar-refractivity contribution >= 4 is 11.6 Å². The standard InChI is InChI=1S/C17H19FN4O2/c1-24-16-8-14(20-11-21-16)17(23)19-9-12-6-7-22(10-12)15-5-3-2-4-13(15)18/h2-5,8,11-12H,6-7,9-10H2,1H3,(H,19,23). The molecule has 1 fully saturated rings. The van der Waals surface area contributed by atoms with E-state index < -0.39 is 0 Å². The molecule has 3 rings (SSSR count). The molecule has 1 aromatic carbocycles. The van der Waals surface area contributed by atoms with Crippen LogP contribution in [0.3, 0.4) is 0 Å². The third-order valence-corrected chi connectivity index (χ3v) is 4.11. The highest BCUT2D eigenvalue weighted by molar-refractivity contribution is 5.92. The number of hydrogen-bond acceptors (Lipinski definition) is 5. The summed E-state index contributed by atoms with van der Waals surface area (Å²) < 4.78 is 18.8. The molecule has 6 nitrogen and oxygen atoms in total. The Morgan fingerprint density at radius 2 is 2.25 bits per heavy atom. The van der Waals surface area contributed by atoms with E-state index in [2.05, 4.69) is 15.3 Å². The van der Waals surface area contributed by atoms with Crippen LogP contribution in [-0.4, -0.2) is 42.6 Å². The summed E-state index contributed by atoms with van der Waals surface area (Å²) in [5, 5.41) is 2.87. The van der Waals surface area contributed by atoms with Gasteiger partial charge in [0.15, 0.2) is 0 Å². The lowest BCUT2D eigenvalue weighted by Crippen LogP contribution is -2.31. The third-order valence-electron chi connectivity index (χ3n) is 4.11. The first kappa shape index (κ1) is 16.2. The topological polar surface area (TPSA) is 67.3 Å². The van der Waals surface area contributed by atoms with Crippen molar-refractivity contribution in [3.63, 3.8) is 0 Å². The fourth-order valence-corrected chi connectivity index (χ4v) is 2.83. The maximum Gasteiger partial charge on any atom is 0.270 e. The predicted octanol–water partition coefficient (Wildman–Crippen LogP) is 1.88. The van der Waals surface area contributed by atoms with Crippen LogP contribution >= 0.6 is 0 Å². The highest BCUT2D eigenvalue weighted by Crippen LogP contribution is 2.25. The maximum atomic E-state index is 13.8. The van der Waals surface area contributed by atoms with Crippen molar-refractivity contribution in [3.05, 3.63) is 48.2 Å². The zero-order valence-electron chi connectivity index (χ0n) is 13.4. The molecule has 1 unspecified atom stereocenters. The molecular weight excluding hydrogens is 311 g/mol. The Hall–Kier alpha value is -2.70. The van der Waals surface area contributed by atoms with Crippen LogP contribution in [0.4, 0.5) is 10.1 Å². The Bertz CT molecular complexity index is 725. The van der Waals surface area contributed by atoms with Crippen molar-refractivity contribution in [2.75, 3.05) is 31.6 Å². The molecular formula is C17H19FN4O2. The summed E-state index contributed by atoms with van der Waals surface area (Å²) in [7, 11) is 1.49. The average Bonchev–Trinajstić information content (AvgIpc) is 3.09. The molecule has 1 N–H and O–H groups in total. The van der Waals surface area contributed by atoms with Crippen LogP contribution in [0.25, 0.3) is 0 Å². The van der Waals surface area contributed by atoms with Gasteiger partial charge in [-0.2, -0.15) is 0 Å². The van der Waals surface area contributed by atoms with Gasteiger partial charge in [0, 0.05) is 25.7 Å². The summed E-state index contributed by atoms with van der Waals surface area (Å²) in [4.78, 5) is 22.0. The number of aromatic nitrogens is 2. The largest absolute Gasteiger partial charge is 0.481 e. The summed E-state index contributed by atoms with van der Waals surface area (Å²) in [5.41, 5.74) is 0.887. The molecule has 0 spiro atoms. The summed E-state index contributed by atoms with van der Waals surface area (Å²) in [5.74, 6) is 0.148. The van der Waals surface area contributed by atoms with E-state index in [1.165, 1.54) is 25.6 Å². The number of amides is 1. The van der Waals surface area contributed by atoms with E-state index in [0.717, 1.165) is 13.0 Å². The minimum absolute atomic E-state index is 0.213. The Morgan fingerprint density at radius 3 is 3.04 bits per heavy atom. The Kier molecular flexibility index (Phi) is 4.88. The smallest absolute Gasteiger partial charge is 0.270 e. The molecule has 1 aliphatic heterocycles. The van der Waals surface area contributed by atoms with E-state index in [-0.39, 0.29) is 23.3 Å².